The molecule has 3 fully saturated rings. The topological polar surface area (TPSA) is 320 Å². The molecule has 2 bridgehead atoms. The number of cyclic esters (lactones) is 1. The smallest absolute Gasteiger partial charge is 0.329 e. The molecular weight excluding hydrogens is 1220 g/mol. The second-order valence-corrected chi connectivity index (χ2v) is 26.6. The number of rotatable bonds is 13. The second kappa shape index (κ2) is 36.1. The fourth-order valence-corrected chi connectivity index (χ4v) is 13.0. The molecule has 1 amide bonds. The van der Waals surface area contributed by atoms with Crippen LogP contribution in [0.1, 0.15) is 161 Å². The lowest BCUT2D eigenvalue weighted by Gasteiger charge is -2.42. The van der Waals surface area contributed by atoms with Crippen molar-refractivity contribution in [2.24, 2.45) is 40.9 Å². The van der Waals surface area contributed by atoms with Gasteiger partial charge in [-0.3, -0.25) is 24.0 Å². The molecule has 0 spiro atoms. The first-order valence-electron chi connectivity index (χ1n) is 33.1. The minimum absolute atomic E-state index is 0.00697. The Balaban J connectivity index is 0.000000540. The molecule has 22 nitrogen and oxygen atoms in total. The van der Waals surface area contributed by atoms with Crippen LogP contribution in [0.25, 0.3) is 0 Å². The number of Topliss-reactive ketones (excluding diaryl/α,β-unsaturated/α-hetero) is 3. The maximum absolute atomic E-state index is 14.5. The number of fused-ring (bicyclic) bond motifs is 3. The molecule has 0 radical (unpaired) electrons. The molecule has 4 N–H and O–H groups in total. The van der Waals surface area contributed by atoms with Crippen molar-refractivity contribution in [1.29, 1.82) is 10.5 Å². The van der Waals surface area contributed by atoms with E-state index in [1.807, 2.05) is 75.4 Å². The number of nitrogens with zero attached hydrogens (tertiary/aromatic N) is 6. The van der Waals surface area contributed by atoms with Crippen LogP contribution in [-0.4, -0.2) is 171 Å². The van der Waals surface area contributed by atoms with E-state index in [4.69, 9.17) is 38.9 Å². The number of amides is 1. The molecule has 1 aromatic heterocycles. The Morgan fingerprint density at radius 3 is 2.04 bits per heavy atom. The molecule has 2 aromatic carbocycles. The van der Waals surface area contributed by atoms with Crippen LogP contribution in [0.2, 0.25) is 0 Å². The van der Waals surface area contributed by atoms with E-state index >= 15 is 0 Å². The number of benzene rings is 2. The van der Waals surface area contributed by atoms with Crippen molar-refractivity contribution in [3.8, 4) is 12.1 Å². The number of carbonyl (C=O) groups is 6. The fraction of sp³-hybridized carbons (Fsp3) is 0.589. The van der Waals surface area contributed by atoms with Crippen LogP contribution in [0.3, 0.4) is 0 Å². The Kier molecular flexibility index (Phi) is 29.1. The predicted octanol–water partition coefficient (Wildman–Crippen LogP) is 8.38. The number of methoxy groups -OCH3 is 3. The Hall–Kier alpha value is -7.38. The first kappa shape index (κ1) is 76.6. The van der Waals surface area contributed by atoms with E-state index in [0.29, 0.717) is 80.9 Å². The van der Waals surface area contributed by atoms with Gasteiger partial charge >= 0.3 is 11.9 Å². The molecule has 516 valence electrons. The number of allylic oxidation sites excluding steroid dienone is 6. The van der Waals surface area contributed by atoms with Gasteiger partial charge in [-0.1, -0.05) is 95.3 Å². The van der Waals surface area contributed by atoms with Crippen LogP contribution in [0.5, 0.6) is 0 Å². The molecule has 7 rings (SSSR count). The van der Waals surface area contributed by atoms with Crippen molar-refractivity contribution >= 4 is 35.2 Å². The zero-order valence-corrected chi connectivity index (χ0v) is 56.9. The van der Waals surface area contributed by atoms with Crippen molar-refractivity contribution in [3.05, 3.63) is 131 Å². The van der Waals surface area contributed by atoms with Gasteiger partial charge in [-0.15, -0.1) is 0 Å². The van der Waals surface area contributed by atoms with E-state index in [1.54, 1.807) is 76.2 Å². The van der Waals surface area contributed by atoms with Gasteiger partial charge in [0.25, 0.3) is 11.7 Å². The van der Waals surface area contributed by atoms with Gasteiger partial charge in [0.1, 0.15) is 60.4 Å². The van der Waals surface area contributed by atoms with Crippen LogP contribution in [0.4, 0.5) is 0 Å². The van der Waals surface area contributed by atoms with Gasteiger partial charge in [0.15, 0.2) is 5.78 Å². The third-order valence-corrected chi connectivity index (χ3v) is 19.3. The number of ether oxygens (including phenoxy) is 6. The van der Waals surface area contributed by atoms with Gasteiger partial charge in [-0.05, 0) is 149 Å². The van der Waals surface area contributed by atoms with Crippen LogP contribution in [0.15, 0.2) is 109 Å². The maximum Gasteiger partial charge on any atom is 0.329 e. The standard InChI is InChI=1S/C56H87NO16.C17H11N5/c1-33-17-13-12-14-18-34(2)45(68-9)29-41-22-20-39(7)56(67,73-41)51(63)52(64)57-24-16-15-19-42(57)53(65)71-46(30-43(60)35(3)26-38(6)49(62)50(70-11)48(61)37(5)25-33)36(4)27-40-21-23-44(47(28-40)69-10)72-54(66)55(8,31-58)32-59;18-9-13-1-5-15(6-2-13)17(22-12-20-11-21-22)16-7-3-14(10-19)4-8-16/h12-14,17-18,26,33,35-37,39-42,44-47,49-50,58-59,62,67H,15-16,19-25,27-32H2,1-11H3;1-8,11-12,17H/b14-12+,17-13-,34-18+,38-26+;/t33-,35-,36-,37-,39-,40+,41+,42+,44-,45+,46+,47-,49-,50+,56-;/m1./s1. The maximum atomic E-state index is 14.5. The van der Waals surface area contributed by atoms with Crippen molar-refractivity contribution in [2.75, 3.05) is 41.1 Å². The number of esters is 2. The first-order chi connectivity index (χ1) is 45.3. The van der Waals surface area contributed by atoms with Gasteiger partial charge < -0.3 is 53.7 Å². The predicted molar refractivity (Wildman–Crippen MR) is 351 cm³/mol. The van der Waals surface area contributed by atoms with E-state index in [-0.39, 0.29) is 48.8 Å². The van der Waals surface area contributed by atoms with E-state index in [2.05, 4.69) is 22.2 Å². The van der Waals surface area contributed by atoms with E-state index < -0.39 is 120 Å². The summed E-state index contributed by atoms with van der Waals surface area (Å²) < 4.78 is 37.2. The largest absolute Gasteiger partial charge is 0.460 e. The SMILES string of the molecule is CO[C@H]1C[C@@H]2CC[C@@H](C)[C@@](O)(O2)C(=O)C(=O)N2CCCC[C@H]2C(=O)O[C@H]([C@H](C)C[C@@H]2CC[C@@H](OC(=O)C(C)(CO)CO)[C@H](OC)C2)CC(=O)[C@H](C)/C=C(\C)[C@@H](O)[C@@H](OC)C(=O)[C@H](C)C[C@H](C)\C=C/C=C/C=C/1C.N#Cc1ccc(C(c2ccc(C#N)cc2)n2cncn2)cc1. The number of hydrogen-bond acceptors (Lipinski definition) is 20. The number of hydrogen-bond donors (Lipinski definition) is 4. The summed E-state index contributed by atoms with van der Waals surface area (Å²) in [6, 6.07) is 17.6. The minimum atomic E-state index is -2.47. The van der Waals surface area contributed by atoms with Crippen LogP contribution in [-0.2, 0) is 57.2 Å². The molecule has 1 saturated carbocycles. The zero-order chi connectivity index (χ0) is 69.7. The molecule has 22 heteroatoms. The average Bonchev–Trinajstić information content (AvgIpc) is 0.952. The molecular formula is C73H98N6O16. The van der Waals surface area contributed by atoms with Gasteiger partial charge in [-0.2, -0.15) is 15.6 Å². The third-order valence-electron chi connectivity index (χ3n) is 19.3. The minimum Gasteiger partial charge on any atom is -0.460 e. The van der Waals surface area contributed by atoms with Crippen LogP contribution < -0.4 is 0 Å². The molecule has 95 heavy (non-hydrogen) atoms. The number of aromatic nitrogens is 3. The van der Waals surface area contributed by atoms with E-state index in [9.17, 15) is 49.2 Å². The number of ketones is 3. The Morgan fingerprint density at radius 2 is 1.46 bits per heavy atom. The summed E-state index contributed by atoms with van der Waals surface area (Å²) in [4.78, 5) is 89.4. The fourth-order valence-electron chi connectivity index (χ4n) is 13.0. The molecule has 4 aliphatic rings. The number of nitriles is 2. The summed E-state index contributed by atoms with van der Waals surface area (Å²) in [7, 11) is 4.43. The van der Waals surface area contributed by atoms with Gasteiger partial charge in [-0.25, -0.2) is 14.5 Å². The summed E-state index contributed by atoms with van der Waals surface area (Å²) in [6.45, 7) is 12.7. The summed E-state index contributed by atoms with van der Waals surface area (Å²) in [6.07, 6.45) is 12.9. The van der Waals surface area contributed by atoms with Crippen molar-refractivity contribution in [2.45, 2.75) is 193 Å². The quantitative estimate of drug-likeness (QED) is 0.0709. The third kappa shape index (κ3) is 20.1. The Labute approximate surface area is 559 Å². The molecule has 0 unspecified atom stereocenters. The Morgan fingerprint density at radius 1 is 0.811 bits per heavy atom. The first-order valence-corrected chi connectivity index (χ1v) is 33.1. The van der Waals surface area contributed by atoms with Gasteiger partial charge in [0, 0.05) is 58.5 Å². The molecule has 2 saturated heterocycles. The number of carbonyl (C=O) groups excluding carboxylic acids is 6. The van der Waals surface area contributed by atoms with Gasteiger partial charge in [0.05, 0.1) is 54.8 Å². The van der Waals surface area contributed by atoms with Crippen molar-refractivity contribution in [1.82, 2.24) is 19.7 Å². The Bertz CT molecular complexity index is 3200. The molecule has 3 aliphatic heterocycles. The van der Waals surface area contributed by atoms with Crippen molar-refractivity contribution < 1.29 is 77.6 Å². The zero-order valence-electron chi connectivity index (χ0n) is 56.9. The summed E-state index contributed by atoms with van der Waals surface area (Å²) in [5, 5.41) is 65.1. The van der Waals surface area contributed by atoms with Crippen LogP contribution >= 0.6 is 0 Å². The number of aliphatic hydroxyl groups is 4. The molecule has 4 heterocycles. The normalized spacial score (nSPS) is 31.1. The summed E-state index contributed by atoms with van der Waals surface area (Å²) >= 11 is 0. The summed E-state index contributed by atoms with van der Waals surface area (Å²) in [5.41, 5.74) is 2.94. The van der Waals surface area contributed by atoms with Gasteiger partial charge in [0.2, 0.25) is 5.79 Å². The van der Waals surface area contributed by atoms with Crippen molar-refractivity contribution in [3.63, 3.8) is 0 Å². The second-order valence-electron chi connectivity index (χ2n) is 26.6. The van der Waals surface area contributed by atoms with E-state index in [1.165, 1.54) is 27.5 Å². The lowest BCUT2D eigenvalue weighted by atomic mass is 9.78. The van der Waals surface area contributed by atoms with E-state index in [0.717, 1.165) is 21.6 Å². The highest BCUT2D eigenvalue weighted by Gasteiger charge is 2.53. The molecule has 15 atom stereocenters. The molecule has 1 aliphatic carbocycles. The lowest BCUT2D eigenvalue weighted by molar-refractivity contribution is -0.265. The average molecular weight is 1320 g/mol. The highest BCUT2D eigenvalue weighted by molar-refractivity contribution is 6.39. The number of aliphatic hydroxyl groups excluding tert-OH is 3. The highest BCUT2D eigenvalue weighted by atomic mass is 16.6. The number of piperidine rings is 1. The lowest BCUT2D eigenvalue weighted by Crippen LogP contribution is -2.61. The summed E-state index contributed by atoms with van der Waals surface area (Å²) in [5.74, 6) is -9.36. The highest BCUT2D eigenvalue weighted by Crippen LogP contribution is 2.39. The van der Waals surface area contributed by atoms with Crippen LogP contribution in [0, 0.1) is 63.6 Å². The monoisotopic (exact) mass is 1310 g/mol. The molecule has 3 aromatic rings.